The number of rotatable bonds is 8. The highest BCUT2D eigenvalue weighted by atomic mass is 35.5. The molecule has 8 heteroatoms. The molecule has 0 saturated carbocycles. The number of benzene rings is 2. The van der Waals surface area contributed by atoms with Crippen LogP contribution in [0.3, 0.4) is 0 Å². The highest BCUT2D eigenvalue weighted by Crippen LogP contribution is 2.29. The fourth-order valence-electron chi connectivity index (χ4n) is 2.38. The summed E-state index contributed by atoms with van der Waals surface area (Å²) >= 11 is 5.93. The average molecular weight is 405 g/mol. The second-order valence-corrected chi connectivity index (χ2v) is 6.36. The van der Waals surface area contributed by atoms with Crippen LogP contribution >= 0.6 is 11.6 Å². The average Bonchev–Trinajstić information content (AvgIpc) is 2.68. The molecule has 0 aliphatic carbocycles. The normalized spacial score (nSPS) is 10.2. The number of ether oxygens (including phenoxy) is 2. The van der Waals surface area contributed by atoms with Gasteiger partial charge in [0.15, 0.2) is 12.4 Å². The van der Waals surface area contributed by atoms with Gasteiger partial charge in [-0.3, -0.25) is 9.59 Å². The first-order valence-corrected chi connectivity index (χ1v) is 8.96. The second kappa shape index (κ2) is 9.75. The Morgan fingerprint density at radius 1 is 1.14 bits per heavy atom. The van der Waals surface area contributed by atoms with E-state index in [1.165, 1.54) is 19.2 Å². The van der Waals surface area contributed by atoms with Crippen LogP contribution in [-0.2, 0) is 9.53 Å². The Balaban J connectivity index is 1.99. The highest BCUT2D eigenvalue weighted by Gasteiger charge is 2.18. The van der Waals surface area contributed by atoms with Crippen molar-refractivity contribution >= 4 is 40.6 Å². The van der Waals surface area contributed by atoms with Crippen LogP contribution in [0.25, 0.3) is 0 Å². The lowest BCUT2D eigenvalue weighted by Crippen LogP contribution is -2.15. The van der Waals surface area contributed by atoms with Crippen LogP contribution in [0.5, 0.6) is 5.75 Å². The molecule has 2 aromatic carbocycles. The minimum atomic E-state index is -0.754. The number of methoxy groups -OCH3 is 1. The number of halogens is 1. The van der Waals surface area contributed by atoms with Crippen LogP contribution < -0.4 is 15.8 Å². The second-order valence-electron chi connectivity index (χ2n) is 5.95. The smallest absolute Gasteiger partial charge is 0.342 e. The maximum absolute atomic E-state index is 12.3. The number of nitrogens with one attached hydrogen (secondary N) is 1. The third-order valence-electron chi connectivity index (χ3n) is 3.84. The Kier molecular flexibility index (Phi) is 7.40. The molecule has 148 valence electrons. The van der Waals surface area contributed by atoms with Gasteiger partial charge >= 0.3 is 5.97 Å². The van der Waals surface area contributed by atoms with Crippen LogP contribution in [0.2, 0.25) is 5.02 Å². The van der Waals surface area contributed by atoms with Gasteiger partial charge in [0, 0.05) is 23.7 Å². The van der Waals surface area contributed by atoms with E-state index in [-0.39, 0.29) is 33.7 Å². The third kappa shape index (κ3) is 5.47. The molecule has 0 aromatic heterocycles. The Bertz CT molecular complexity index is 881. The molecule has 2 rings (SSSR count). The molecule has 1 amide bonds. The number of carbonyl (C=O) groups is 3. The maximum atomic E-state index is 12.3. The zero-order valence-electron chi connectivity index (χ0n) is 15.6. The zero-order chi connectivity index (χ0) is 20.7. The summed E-state index contributed by atoms with van der Waals surface area (Å²) in [4.78, 5) is 36.1. The number of carbonyl (C=O) groups excluding carboxylic acids is 3. The molecular formula is C20H21ClN2O5. The van der Waals surface area contributed by atoms with Crippen molar-refractivity contribution in [2.24, 2.45) is 0 Å². The van der Waals surface area contributed by atoms with Gasteiger partial charge in [-0.2, -0.15) is 0 Å². The van der Waals surface area contributed by atoms with E-state index in [1.54, 1.807) is 24.3 Å². The molecule has 28 heavy (non-hydrogen) atoms. The lowest BCUT2D eigenvalue weighted by Gasteiger charge is -2.10. The molecule has 0 fully saturated rings. The van der Waals surface area contributed by atoms with Crippen molar-refractivity contribution in [1.29, 1.82) is 0 Å². The van der Waals surface area contributed by atoms with Gasteiger partial charge in [0.25, 0.3) is 0 Å². The summed E-state index contributed by atoms with van der Waals surface area (Å²) in [6.45, 7) is 1.46. The fourth-order valence-corrected chi connectivity index (χ4v) is 2.54. The lowest BCUT2D eigenvalue weighted by atomic mass is 10.1. The van der Waals surface area contributed by atoms with Gasteiger partial charge in [-0.15, -0.1) is 0 Å². The molecule has 0 heterocycles. The van der Waals surface area contributed by atoms with E-state index >= 15 is 0 Å². The number of nitrogen functional groups attached to an aromatic ring is 1. The number of ketones is 1. The number of nitrogens with two attached hydrogens (primary N) is 1. The molecule has 0 unspecified atom stereocenters. The molecule has 0 atom stereocenters. The van der Waals surface area contributed by atoms with Gasteiger partial charge in [0.05, 0.1) is 17.8 Å². The Hall–Kier alpha value is -3.06. The van der Waals surface area contributed by atoms with Crippen molar-refractivity contribution in [3.63, 3.8) is 0 Å². The monoisotopic (exact) mass is 404 g/mol. The molecule has 0 radical (unpaired) electrons. The first-order valence-electron chi connectivity index (χ1n) is 8.59. The number of hydrogen-bond acceptors (Lipinski definition) is 6. The van der Waals surface area contributed by atoms with Crippen molar-refractivity contribution in [3.05, 3.63) is 52.5 Å². The quantitative estimate of drug-likeness (QED) is 0.394. The molecule has 0 aliphatic heterocycles. The summed E-state index contributed by atoms with van der Waals surface area (Å²) in [5.41, 5.74) is 6.95. The van der Waals surface area contributed by atoms with Crippen LogP contribution in [0.4, 0.5) is 11.4 Å². The molecule has 0 aliphatic rings. The van der Waals surface area contributed by atoms with Crippen molar-refractivity contribution in [1.82, 2.24) is 0 Å². The van der Waals surface area contributed by atoms with E-state index in [4.69, 9.17) is 26.8 Å². The van der Waals surface area contributed by atoms with E-state index in [1.807, 2.05) is 6.92 Å². The molecule has 7 nitrogen and oxygen atoms in total. The van der Waals surface area contributed by atoms with Gasteiger partial charge in [0.1, 0.15) is 11.3 Å². The van der Waals surface area contributed by atoms with Crippen molar-refractivity contribution in [2.75, 3.05) is 24.8 Å². The number of amides is 1. The number of esters is 1. The minimum Gasteiger partial charge on any atom is -0.496 e. The van der Waals surface area contributed by atoms with Gasteiger partial charge in [-0.05, 0) is 36.8 Å². The van der Waals surface area contributed by atoms with Gasteiger partial charge < -0.3 is 20.5 Å². The number of anilines is 2. The topological polar surface area (TPSA) is 108 Å². The van der Waals surface area contributed by atoms with Crippen LogP contribution in [-0.4, -0.2) is 31.4 Å². The highest BCUT2D eigenvalue weighted by molar-refractivity contribution is 6.33. The molecular weight excluding hydrogens is 384 g/mol. The van der Waals surface area contributed by atoms with Gasteiger partial charge in [0.2, 0.25) is 5.91 Å². The van der Waals surface area contributed by atoms with Crippen molar-refractivity contribution in [2.45, 2.75) is 19.8 Å². The Morgan fingerprint density at radius 3 is 2.43 bits per heavy atom. The van der Waals surface area contributed by atoms with Gasteiger partial charge in [-0.25, -0.2) is 4.79 Å². The largest absolute Gasteiger partial charge is 0.496 e. The van der Waals surface area contributed by atoms with Crippen LogP contribution in [0, 0.1) is 0 Å². The Labute approximate surface area is 167 Å². The van der Waals surface area contributed by atoms with E-state index in [9.17, 15) is 14.4 Å². The fraction of sp³-hybridized carbons (Fsp3) is 0.250. The molecule has 2 aromatic rings. The van der Waals surface area contributed by atoms with Crippen LogP contribution in [0.15, 0.2) is 36.4 Å². The summed E-state index contributed by atoms with van der Waals surface area (Å²) in [6, 6.07) is 9.08. The van der Waals surface area contributed by atoms with E-state index < -0.39 is 12.6 Å². The first kappa shape index (κ1) is 21.2. The summed E-state index contributed by atoms with van der Waals surface area (Å²) in [5, 5.41) is 2.91. The predicted molar refractivity (Wildman–Crippen MR) is 107 cm³/mol. The van der Waals surface area contributed by atoms with Crippen molar-refractivity contribution in [3.8, 4) is 5.75 Å². The third-order valence-corrected chi connectivity index (χ3v) is 4.17. The lowest BCUT2D eigenvalue weighted by molar-refractivity contribution is -0.116. The number of Topliss-reactive ketones (excluding diaryl/α,β-unsaturated/α-hetero) is 1. The summed E-state index contributed by atoms with van der Waals surface area (Å²) < 4.78 is 10.2. The van der Waals surface area contributed by atoms with E-state index in [0.717, 1.165) is 6.42 Å². The SMILES string of the molecule is CCCC(=O)Nc1ccc(C(=O)COC(=O)c2cc(Cl)c(N)cc2OC)cc1. The standard InChI is InChI=1S/C20H21ClN2O5/c1-3-4-19(25)23-13-7-5-12(6-8-13)17(24)11-28-20(26)14-9-15(21)16(22)10-18(14)27-2/h5-10H,3-4,11,22H2,1-2H3,(H,23,25). The molecule has 0 bridgehead atoms. The van der Waals surface area contributed by atoms with Gasteiger partial charge in [-0.1, -0.05) is 18.5 Å². The molecule has 3 N–H and O–H groups in total. The van der Waals surface area contributed by atoms with Crippen molar-refractivity contribution < 1.29 is 23.9 Å². The summed E-state index contributed by atoms with van der Waals surface area (Å²) in [6.07, 6.45) is 1.17. The summed E-state index contributed by atoms with van der Waals surface area (Å²) in [5.74, 6) is -1.03. The minimum absolute atomic E-state index is 0.0727. The summed E-state index contributed by atoms with van der Waals surface area (Å²) in [7, 11) is 1.38. The zero-order valence-corrected chi connectivity index (χ0v) is 16.3. The maximum Gasteiger partial charge on any atom is 0.342 e. The number of hydrogen-bond donors (Lipinski definition) is 2. The van der Waals surface area contributed by atoms with E-state index in [0.29, 0.717) is 17.7 Å². The van der Waals surface area contributed by atoms with E-state index in [2.05, 4.69) is 5.32 Å². The first-order chi connectivity index (χ1) is 13.3. The van der Waals surface area contributed by atoms with Crippen LogP contribution in [0.1, 0.15) is 40.5 Å². The molecule has 0 saturated heterocycles. The molecule has 0 spiro atoms. The predicted octanol–water partition coefficient (Wildman–Crippen LogP) is 3.71. The Morgan fingerprint density at radius 2 is 1.82 bits per heavy atom.